The lowest BCUT2D eigenvalue weighted by molar-refractivity contribution is -0.136. The molecule has 4 nitrogen and oxygen atoms in total. The Kier molecular flexibility index (Phi) is 3.77. The molecule has 0 spiro atoms. The smallest absolute Gasteiger partial charge is 0.324 e. The highest BCUT2D eigenvalue weighted by Crippen LogP contribution is 2.37. The molecule has 1 N–H and O–H groups in total. The maximum Gasteiger partial charge on any atom is 0.418 e. The van der Waals surface area contributed by atoms with Gasteiger partial charge in [-0.1, -0.05) is 11.6 Å². The van der Waals surface area contributed by atoms with Crippen LogP contribution in [0.15, 0.2) is 30.5 Å². The van der Waals surface area contributed by atoms with E-state index in [0.717, 1.165) is 6.07 Å². The number of aromatic nitrogens is 2. The van der Waals surface area contributed by atoms with Crippen LogP contribution in [-0.4, -0.2) is 9.97 Å². The summed E-state index contributed by atoms with van der Waals surface area (Å²) in [5.41, 5.74) is -1.13. The zero-order chi connectivity index (χ0) is 14.8. The van der Waals surface area contributed by atoms with Crippen molar-refractivity contribution < 1.29 is 13.2 Å². The highest BCUT2D eigenvalue weighted by atomic mass is 35.5. The molecule has 0 saturated carbocycles. The second-order valence-electron chi connectivity index (χ2n) is 3.69. The topological polar surface area (TPSA) is 61.6 Å². The van der Waals surface area contributed by atoms with Gasteiger partial charge in [-0.15, -0.1) is 0 Å². The van der Waals surface area contributed by atoms with Crippen LogP contribution in [0.3, 0.4) is 0 Å². The molecule has 1 aromatic carbocycles. The Bertz CT molecular complexity index is 679. The van der Waals surface area contributed by atoms with Crippen LogP contribution in [0.25, 0.3) is 0 Å². The molecule has 8 heteroatoms. The molecule has 2 aromatic rings. The molecule has 0 amide bonds. The summed E-state index contributed by atoms with van der Waals surface area (Å²) in [6, 6.07) is 6.41. The first-order chi connectivity index (χ1) is 9.40. The molecular weight excluding hydrogens is 293 g/mol. The number of halogens is 4. The van der Waals surface area contributed by atoms with E-state index >= 15 is 0 Å². The predicted molar refractivity (Wildman–Crippen MR) is 66.5 cm³/mol. The molecule has 0 saturated heterocycles. The number of rotatable bonds is 2. The van der Waals surface area contributed by atoms with Crippen LogP contribution >= 0.6 is 11.6 Å². The van der Waals surface area contributed by atoms with E-state index in [-0.39, 0.29) is 22.4 Å². The van der Waals surface area contributed by atoms with Crippen molar-refractivity contribution in [3.8, 4) is 6.07 Å². The fourth-order valence-corrected chi connectivity index (χ4v) is 1.63. The largest absolute Gasteiger partial charge is 0.418 e. The summed E-state index contributed by atoms with van der Waals surface area (Å²) in [7, 11) is 0. The minimum Gasteiger partial charge on any atom is -0.324 e. The molecule has 0 radical (unpaired) electrons. The van der Waals surface area contributed by atoms with Gasteiger partial charge in [0.25, 0.3) is 0 Å². The highest BCUT2D eigenvalue weighted by molar-refractivity contribution is 6.30. The number of hydrogen-bond donors (Lipinski definition) is 1. The van der Waals surface area contributed by atoms with Gasteiger partial charge in [0.2, 0.25) is 5.95 Å². The van der Waals surface area contributed by atoms with Crippen LogP contribution in [-0.2, 0) is 6.18 Å². The molecule has 1 heterocycles. The van der Waals surface area contributed by atoms with E-state index < -0.39 is 11.7 Å². The number of anilines is 2. The van der Waals surface area contributed by atoms with Crippen LogP contribution in [0.5, 0.6) is 0 Å². The van der Waals surface area contributed by atoms with Gasteiger partial charge in [0, 0.05) is 11.2 Å². The van der Waals surface area contributed by atoms with Gasteiger partial charge >= 0.3 is 6.18 Å². The molecule has 2 rings (SSSR count). The van der Waals surface area contributed by atoms with Gasteiger partial charge in [0.05, 0.1) is 11.3 Å². The normalized spacial score (nSPS) is 10.9. The first-order valence-electron chi connectivity index (χ1n) is 5.27. The van der Waals surface area contributed by atoms with E-state index in [1.54, 1.807) is 6.07 Å². The SMILES string of the molecule is N#Cc1ccnc(Nc2ccc(Cl)cc2C(F)(F)F)n1. The third kappa shape index (κ3) is 3.16. The van der Waals surface area contributed by atoms with E-state index in [9.17, 15) is 13.2 Å². The molecule has 1 aromatic heterocycles. The van der Waals surface area contributed by atoms with Gasteiger partial charge in [-0.2, -0.15) is 18.4 Å². The average Bonchev–Trinajstić information content (AvgIpc) is 2.40. The Labute approximate surface area is 116 Å². The molecule has 0 unspecified atom stereocenters. The summed E-state index contributed by atoms with van der Waals surface area (Å²) in [6.45, 7) is 0. The van der Waals surface area contributed by atoms with E-state index in [4.69, 9.17) is 16.9 Å². The summed E-state index contributed by atoms with van der Waals surface area (Å²) >= 11 is 5.57. The Hall–Kier alpha value is -2.33. The lowest BCUT2D eigenvalue weighted by Gasteiger charge is -2.13. The Balaban J connectivity index is 2.41. The maximum absolute atomic E-state index is 12.9. The van der Waals surface area contributed by atoms with Crippen molar-refractivity contribution in [1.82, 2.24) is 9.97 Å². The number of hydrogen-bond acceptors (Lipinski definition) is 4. The van der Waals surface area contributed by atoms with Crippen LogP contribution in [0.1, 0.15) is 11.3 Å². The van der Waals surface area contributed by atoms with Crippen molar-refractivity contribution in [2.45, 2.75) is 6.18 Å². The van der Waals surface area contributed by atoms with Crippen LogP contribution in [0.2, 0.25) is 5.02 Å². The minimum absolute atomic E-state index is 0.0328. The summed E-state index contributed by atoms with van der Waals surface area (Å²) in [6.07, 6.45) is -3.29. The van der Waals surface area contributed by atoms with E-state index in [0.29, 0.717) is 0 Å². The fourth-order valence-electron chi connectivity index (χ4n) is 1.46. The number of alkyl halides is 3. The Morgan fingerprint density at radius 2 is 2.00 bits per heavy atom. The quantitative estimate of drug-likeness (QED) is 0.917. The van der Waals surface area contributed by atoms with Crippen molar-refractivity contribution >= 4 is 23.2 Å². The molecular formula is C12H6ClF3N4. The molecule has 0 fully saturated rings. The second-order valence-corrected chi connectivity index (χ2v) is 4.13. The fraction of sp³-hybridized carbons (Fsp3) is 0.0833. The third-order valence-corrected chi connectivity index (χ3v) is 2.54. The van der Waals surface area contributed by atoms with Gasteiger partial charge in [-0.25, -0.2) is 9.97 Å². The van der Waals surface area contributed by atoms with E-state index in [1.165, 1.54) is 24.4 Å². The first-order valence-corrected chi connectivity index (χ1v) is 5.65. The van der Waals surface area contributed by atoms with Crippen molar-refractivity contribution in [1.29, 1.82) is 5.26 Å². The zero-order valence-electron chi connectivity index (χ0n) is 9.74. The van der Waals surface area contributed by atoms with Gasteiger partial charge in [0.15, 0.2) is 0 Å². The van der Waals surface area contributed by atoms with Crippen molar-refractivity contribution in [2.24, 2.45) is 0 Å². The molecule has 102 valence electrons. The van der Waals surface area contributed by atoms with Crippen molar-refractivity contribution in [3.05, 3.63) is 46.7 Å². The first kappa shape index (κ1) is 14.1. The molecule has 0 bridgehead atoms. The molecule has 0 aliphatic carbocycles. The standard InChI is InChI=1S/C12H6ClF3N4/c13-7-1-2-10(9(5-7)12(14,15)16)20-11-18-4-3-8(6-17)19-11/h1-5H,(H,18,19,20). The minimum atomic E-state index is -4.57. The monoisotopic (exact) mass is 298 g/mol. The summed E-state index contributed by atoms with van der Waals surface area (Å²) in [5, 5.41) is 11.1. The van der Waals surface area contributed by atoms with Gasteiger partial charge in [-0.05, 0) is 24.3 Å². The van der Waals surface area contributed by atoms with Gasteiger partial charge in [-0.3, -0.25) is 0 Å². The third-order valence-electron chi connectivity index (χ3n) is 2.30. The predicted octanol–water partition coefficient (Wildman–Crippen LogP) is 3.76. The molecule has 0 aliphatic heterocycles. The molecule has 20 heavy (non-hydrogen) atoms. The number of nitrogens with one attached hydrogen (secondary N) is 1. The van der Waals surface area contributed by atoms with Gasteiger partial charge < -0.3 is 5.32 Å². The number of nitriles is 1. The summed E-state index contributed by atoms with van der Waals surface area (Å²) < 4.78 is 38.7. The van der Waals surface area contributed by atoms with Crippen LogP contribution in [0, 0.1) is 11.3 Å². The lowest BCUT2D eigenvalue weighted by Crippen LogP contribution is -2.10. The molecule has 0 aliphatic rings. The average molecular weight is 299 g/mol. The molecule has 0 atom stereocenters. The second kappa shape index (κ2) is 5.35. The summed E-state index contributed by atoms with van der Waals surface area (Å²) in [5.74, 6) is -0.100. The number of benzene rings is 1. The summed E-state index contributed by atoms with van der Waals surface area (Å²) in [4.78, 5) is 7.50. The maximum atomic E-state index is 12.9. The van der Waals surface area contributed by atoms with E-state index in [2.05, 4.69) is 15.3 Å². The lowest BCUT2D eigenvalue weighted by atomic mass is 10.1. The number of nitrogens with zero attached hydrogens (tertiary/aromatic N) is 3. The van der Waals surface area contributed by atoms with Crippen LogP contribution in [0.4, 0.5) is 24.8 Å². The van der Waals surface area contributed by atoms with E-state index in [1.807, 2.05) is 0 Å². The Morgan fingerprint density at radius 3 is 2.65 bits per heavy atom. The van der Waals surface area contributed by atoms with Crippen molar-refractivity contribution in [3.63, 3.8) is 0 Å². The van der Waals surface area contributed by atoms with Crippen molar-refractivity contribution in [2.75, 3.05) is 5.32 Å². The highest BCUT2D eigenvalue weighted by Gasteiger charge is 2.34. The zero-order valence-corrected chi connectivity index (χ0v) is 10.5. The van der Waals surface area contributed by atoms with Gasteiger partial charge in [0.1, 0.15) is 11.8 Å². The van der Waals surface area contributed by atoms with Crippen LogP contribution < -0.4 is 5.32 Å². The Morgan fingerprint density at radius 1 is 1.25 bits per heavy atom.